The van der Waals surface area contributed by atoms with Crippen LogP contribution in [-0.2, 0) is 44.0 Å². The fourth-order valence-electron chi connectivity index (χ4n) is 11.0. The number of amides is 2. The van der Waals surface area contributed by atoms with E-state index < -0.39 is 31.2 Å². The van der Waals surface area contributed by atoms with Gasteiger partial charge in [-0.05, 0) is 172 Å². The summed E-state index contributed by atoms with van der Waals surface area (Å²) in [6, 6.07) is 36.4. The maximum Gasteiger partial charge on any atom is 0.394 e. The summed E-state index contributed by atoms with van der Waals surface area (Å²) in [5.41, 5.74) is 15.3. The van der Waals surface area contributed by atoms with Gasteiger partial charge in [0.1, 0.15) is 0 Å². The summed E-state index contributed by atoms with van der Waals surface area (Å²) in [5, 5.41) is 12.8. The fourth-order valence-corrected chi connectivity index (χ4v) is 11.0. The third-order valence-corrected chi connectivity index (χ3v) is 15.6. The number of likely N-dealkylation sites (N-methyl/N-ethyl adjacent to an activating group) is 2. The van der Waals surface area contributed by atoms with Crippen LogP contribution in [0.2, 0.25) is 0 Å². The molecule has 4 aliphatic rings. The Morgan fingerprint density at radius 2 is 0.839 bits per heavy atom. The maximum atomic E-state index is 13.2. The van der Waals surface area contributed by atoms with Crippen molar-refractivity contribution in [2.75, 3.05) is 87.7 Å². The van der Waals surface area contributed by atoms with Gasteiger partial charge in [-0.25, -0.2) is 19.9 Å². The molecule has 4 aromatic heterocycles. The van der Waals surface area contributed by atoms with Gasteiger partial charge < -0.3 is 31.1 Å². The molecule has 6 heterocycles. The Bertz CT molecular complexity index is 3920. The second-order valence-electron chi connectivity index (χ2n) is 22.2. The Hall–Kier alpha value is -8.67. The number of carbonyl (C=O) groups excluding carboxylic acids is 2. The predicted molar refractivity (Wildman–Crippen MR) is 351 cm³/mol. The van der Waals surface area contributed by atoms with E-state index in [1.165, 1.54) is 22.3 Å². The van der Waals surface area contributed by atoms with Gasteiger partial charge in [-0.2, -0.15) is 25.3 Å². The summed E-state index contributed by atoms with van der Waals surface area (Å²) < 4.78 is 94.8. The van der Waals surface area contributed by atoms with Crippen molar-refractivity contribution in [2.45, 2.75) is 51.6 Å². The van der Waals surface area contributed by atoms with Gasteiger partial charge in [0.2, 0.25) is 11.9 Å². The Labute approximate surface area is 539 Å². The topological polar surface area (TPSA) is 396 Å². The Balaban J connectivity index is 0.000000196. The highest BCUT2D eigenvalue weighted by Gasteiger charge is 2.32. The zero-order valence-corrected chi connectivity index (χ0v) is 53.6. The van der Waals surface area contributed by atoms with Crippen LogP contribution in [0, 0.1) is 13.8 Å². The minimum Gasteiger partial charge on any atom is -0.324 e. The first-order chi connectivity index (χ1) is 44.1. The number of hydrogen-bond donors (Lipinski definition) is 10. The highest BCUT2D eigenvalue weighted by atomic mass is 32.3. The third kappa shape index (κ3) is 22.3. The quantitative estimate of drug-likeness (QED) is 0.0515. The number of nitrogens with zero attached hydrogens (tertiary/aromatic N) is 10. The summed E-state index contributed by atoms with van der Waals surface area (Å²) in [6.45, 7) is 12.9. The lowest BCUT2D eigenvalue weighted by Gasteiger charge is -2.36. The average Bonchev–Trinajstić information content (AvgIpc) is 1.71. The van der Waals surface area contributed by atoms with Crippen LogP contribution in [0.3, 0.4) is 0 Å². The molecule has 0 radical (unpaired) electrons. The first-order valence-electron chi connectivity index (χ1n) is 29.1. The van der Waals surface area contributed by atoms with E-state index in [0.29, 0.717) is 46.5 Å². The molecule has 0 unspecified atom stereocenters. The number of aromatic nitrogens is 6. The number of aryl methyl sites for hydroxylation is 4. The van der Waals surface area contributed by atoms with Gasteiger partial charge in [-0.3, -0.25) is 56.7 Å². The van der Waals surface area contributed by atoms with Gasteiger partial charge in [0, 0.05) is 147 Å². The van der Waals surface area contributed by atoms with Crippen LogP contribution in [0.4, 0.5) is 34.6 Å². The van der Waals surface area contributed by atoms with Crippen LogP contribution >= 0.6 is 0 Å². The lowest BCUT2D eigenvalue weighted by molar-refractivity contribution is 0.101. The molecule has 93 heavy (non-hydrogen) atoms. The monoisotopic (exact) mass is 1330 g/mol. The molecule has 2 aliphatic carbocycles. The van der Waals surface area contributed by atoms with Crippen LogP contribution in [-0.4, -0.2) is 180 Å². The fraction of sp³-hybridized carbons (Fsp3) is 0.290. The van der Waals surface area contributed by atoms with Crippen molar-refractivity contribution in [1.29, 1.82) is 0 Å². The molecular formula is C62H72N14O14S3. The summed E-state index contributed by atoms with van der Waals surface area (Å²) in [7, 11) is -9.62. The van der Waals surface area contributed by atoms with Gasteiger partial charge in [0.25, 0.3) is 11.8 Å². The molecule has 2 saturated heterocycles. The van der Waals surface area contributed by atoms with E-state index in [-0.39, 0.29) is 11.8 Å². The van der Waals surface area contributed by atoms with E-state index >= 15 is 0 Å². The largest absolute Gasteiger partial charge is 0.394 e. The molecule has 10 N–H and O–H groups in total. The summed E-state index contributed by atoms with van der Waals surface area (Å²) in [6.07, 6.45) is 14.8. The molecule has 2 fully saturated rings. The van der Waals surface area contributed by atoms with Crippen molar-refractivity contribution in [1.82, 2.24) is 49.5 Å². The molecule has 0 saturated carbocycles. The van der Waals surface area contributed by atoms with Crippen LogP contribution in [0.25, 0.3) is 22.5 Å². The Morgan fingerprint density at radius 1 is 0.473 bits per heavy atom. The molecule has 0 bridgehead atoms. The Morgan fingerprint density at radius 3 is 1.18 bits per heavy atom. The van der Waals surface area contributed by atoms with Crippen molar-refractivity contribution < 1.29 is 62.2 Å². The van der Waals surface area contributed by atoms with Gasteiger partial charge in [0.15, 0.2) is 0 Å². The third-order valence-electron chi connectivity index (χ3n) is 15.6. The van der Waals surface area contributed by atoms with Crippen molar-refractivity contribution in [3.63, 3.8) is 0 Å². The number of nitrogens with one attached hydrogen (secondary N) is 4. The number of fused-ring (bicyclic) bond motifs is 2. The molecule has 31 heteroatoms. The predicted octanol–water partition coefficient (Wildman–Crippen LogP) is 8.20. The van der Waals surface area contributed by atoms with E-state index in [9.17, 15) is 9.59 Å². The molecule has 0 spiro atoms. The van der Waals surface area contributed by atoms with E-state index in [0.717, 1.165) is 123 Å². The smallest absolute Gasteiger partial charge is 0.324 e. The molecule has 12 rings (SSSR count). The number of piperazine rings is 2. The normalized spacial score (nSPS) is 16.6. The van der Waals surface area contributed by atoms with Gasteiger partial charge in [0.05, 0.1) is 11.4 Å². The first-order valence-corrected chi connectivity index (χ1v) is 33.3. The molecule has 2 amide bonds. The lowest BCUT2D eigenvalue weighted by atomic mass is 10.0. The van der Waals surface area contributed by atoms with Gasteiger partial charge in [-0.15, -0.1) is 0 Å². The SMILES string of the molecule is Cc1ccc(NC(=O)c2ccc3c(c2)CC[C@@H]3N2CCN(C)CC2)cc1Nc1nccc(-c2cccnc2)n1.Cc1ccc(NC(=O)c2ccc3c(c2)CC[C@@H]3N2CCN(C)CC2)cc1Nc1nccc(-c2cccnc2)n1.O=S(=O)(O)O.O=S(=O)(O)O.O=S(=O)(O)O. The Kier molecular flexibility index (Phi) is 24.0. The second kappa shape index (κ2) is 31.8. The van der Waals surface area contributed by atoms with Crippen LogP contribution in [0.1, 0.15) is 79.0 Å². The summed E-state index contributed by atoms with van der Waals surface area (Å²) in [5.74, 6) is 0.754. The number of benzene rings is 4. The zero-order valence-electron chi connectivity index (χ0n) is 51.1. The van der Waals surface area contributed by atoms with E-state index in [1.54, 1.807) is 37.2 Å². The minimum absolute atomic E-state index is 0.106. The maximum absolute atomic E-state index is 13.2. The molecular weight excluding hydrogens is 1260 g/mol. The molecule has 492 valence electrons. The number of rotatable bonds is 12. The van der Waals surface area contributed by atoms with Crippen molar-refractivity contribution >= 4 is 77.7 Å². The molecule has 2 atom stereocenters. The second-order valence-corrected chi connectivity index (χ2v) is 24.9. The first kappa shape index (κ1) is 70.2. The highest BCUT2D eigenvalue weighted by molar-refractivity contribution is 7.80. The highest BCUT2D eigenvalue weighted by Crippen LogP contribution is 2.39. The number of pyridine rings is 2. The molecule has 4 aromatic carbocycles. The standard InChI is InChI=1S/2C31H33N7O.3H2O4S/c2*1-21-5-8-25(19-28(21)36-31-33-13-11-27(35-31)24-4-3-12-32-20-24)34-30(39)23-6-9-26-22(18-23)7-10-29(26)38-16-14-37(2)15-17-38;3*1-5(2,3)4/h2*3-6,8-9,11-13,18-20,29H,7,10,14-17H2,1-2H3,(H,34,39)(H,33,35,36);3*(H2,1,2,3,4)/t2*29-;;;/m00.../s1. The molecule has 8 aromatic rings. The van der Waals surface area contributed by atoms with E-state index in [1.807, 2.05) is 98.8 Å². The molecule has 28 nitrogen and oxygen atoms in total. The van der Waals surface area contributed by atoms with Crippen LogP contribution < -0.4 is 21.3 Å². The minimum atomic E-state index is -4.67. The van der Waals surface area contributed by atoms with E-state index in [2.05, 4.69) is 109 Å². The average molecular weight is 1330 g/mol. The zero-order chi connectivity index (χ0) is 67.0. The summed E-state index contributed by atoms with van der Waals surface area (Å²) in [4.78, 5) is 62.8. The molecule has 2 aliphatic heterocycles. The van der Waals surface area contributed by atoms with Gasteiger partial charge in [-0.1, -0.05) is 24.3 Å². The summed E-state index contributed by atoms with van der Waals surface area (Å²) >= 11 is 0. The van der Waals surface area contributed by atoms with Crippen molar-refractivity contribution in [3.8, 4) is 22.5 Å². The van der Waals surface area contributed by atoms with E-state index in [4.69, 9.17) is 52.6 Å². The number of carbonyl (C=O) groups is 2. The number of hydrogen-bond acceptors (Lipinski definition) is 20. The van der Waals surface area contributed by atoms with Crippen LogP contribution in [0.15, 0.2) is 146 Å². The van der Waals surface area contributed by atoms with Crippen molar-refractivity contribution in [3.05, 3.63) is 191 Å². The van der Waals surface area contributed by atoms with Crippen LogP contribution in [0.5, 0.6) is 0 Å². The lowest BCUT2D eigenvalue weighted by Crippen LogP contribution is -2.45. The number of anilines is 6. The van der Waals surface area contributed by atoms with Gasteiger partial charge >= 0.3 is 31.2 Å². The van der Waals surface area contributed by atoms with Crippen molar-refractivity contribution in [2.24, 2.45) is 0 Å².